The summed E-state index contributed by atoms with van der Waals surface area (Å²) < 4.78 is 11.1. The Morgan fingerprint density at radius 1 is 1.26 bits per heavy atom. The van der Waals surface area contributed by atoms with E-state index >= 15 is 0 Å². The highest BCUT2D eigenvalue weighted by molar-refractivity contribution is 5.92. The minimum absolute atomic E-state index is 0.102. The molecule has 6 nitrogen and oxygen atoms in total. The Balaban J connectivity index is 2.81. The summed E-state index contributed by atoms with van der Waals surface area (Å²) in [5.74, 6) is -1.46. The molecule has 0 bridgehead atoms. The van der Waals surface area contributed by atoms with E-state index < -0.39 is 23.9 Å². The van der Waals surface area contributed by atoms with E-state index in [0.717, 1.165) is 17.9 Å². The Kier molecular flexibility index (Phi) is 5.46. The molecule has 0 saturated carbocycles. The predicted molar refractivity (Wildman–Crippen MR) is 68.1 cm³/mol. The Labute approximate surface area is 113 Å². The second-order valence-electron chi connectivity index (χ2n) is 5.06. The van der Waals surface area contributed by atoms with E-state index in [9.17, 15) is 9.59 Å². The summed E-state index contributed by atoms with van der Waals surface area (Å²) in [7, 11) is 2.86. The third-order valence-corrected chi connectivity index (χ3v) is 3.02. The van der Waals surface area contributed by atoms with Gasteiger partial charge in [-0.3, -0.25) is 14.4 Å². The van der Waals surface area contributed by atoms with E-state index in [4.69, 9.17) is 14.3 Å². The number of nitrogens with zero attached hydrogens (tertiary/aromatic N) is 1. The monoisotopic (exact) mass is 273 g/mol. The van der Waals surface area contributed by atoms with E-state index in [0.29, 0.717) is 6.42 Å². The van der Waals surface area contributed by atoms with Crippen molar-refractivity contribution in [1.82, 2.24) is 5.06 Å². The molecule has 2 atom stereocenters. The van der Waals surface area contributed by atoms with Gasteiger partial charge in [0, 0.05) is 13.5 Å². The number of hydroxylamine groups is 2. The van der Waals surface area contributed by atoms with Crippen molar-refractivity contribution in [2.24, 2.45) is 0 Å². The van der Waals surface area contributed by atoms with Gasteiger partial charge < -0.3 is 9.47 Å². The SMILES string of the molecule is CCCCC(=O)[C@H]1OC(C)(C)O[C@@H]1C(=O)N(C)OC. The number of rotatable bonds is 6. The van der Waals surface area contributed by atoms with E-state index in [1.807, 2.05) is 6.92 Å². The number of unbranched alkanes of at least 4 members (excludes halogenated alkanes) is 1. The molecule has 1 saturated heterocycles. The molecule has 0 radical (unpaired) electrons. The molecule has 0 aromatic rings. The van der Waals surface area contributed by atoms with Crippen LogP contribution in [-0.2, 0) is 23.9 Å². The first-order valence-corrected chi connectivity index (χ1v) is 6.52. The summed E-state index contributed by atoms with van der Waals surface area (Å²) in [6.07, 6.45) is 0.288. The molecule has 0 aromatic carbocycles. The first-order valence-electron chi connectivity index (χ1n) is 6.52. The van der Waals surface area contributed by atoms with Crippen molar-refractivity contribution in [2.75, 3.05) is 14.2 Å². The van der Waals surface area contributed by atoms with Crippen LogP contribution in [0.1, 0.15) is 40.0 Å². The maximum atomic E-state index is 12.1. The Morgan fingerprint density at radius 2 is 1.84 bits per heavy atom. The zero-order chi connectivity index (χ0) is 14.6. The molecule has 0 aliphatic carbocycles. The number of carbonyl (C=O) groups is 2. The van der Waals surface area contributed by atoms with Gasteiger partial charge in [-0.25, -0.2) is 5.06 Å². The molecule has 110 valence electrons. The molecule has 0 aromatic heterocycles. The van der Waals surface area contributed by atoms with E-state index in [2.05, 4.69) is 0 Å². The molecule has 1 rings (SSSR count). The standard InChI is InChI=1S/C13H23NO5/c1-6-7-8-9(15)10-11(12(16)14(4)17-5)19-13(2,3)18-10/h10-11H,6-8H2,1-5H3/t10-,11+/m1/s1. The molecule has 19 heavy (non-hydrogen) atoms. The number of amides is 1. The van der Waals surface area contributed by atoms with Crippen molar-refractivity contribution in [2.45, 2.75) is 58.0 Å². The lowest BCUT2D eigenvalue weighted by Gasteiger charge is -2.20. The fraction of sp³-hybridized carbons (Fsp3) is 0.846. The van der Waals surface area contributed by atoms with Crippen molar-refractivity contribution in [3.8, 4) is 0 Å². The summed E-state index contributed by atoms with van der Waals surface area (Å²) in [5.41, 5.74) is 0. The Hall–Kier alpha value is -0.980. The second-order valence-corrected chi connectivity index (χ2v) is 5.06. The minimum Gasteiger partial charge on any atom is -0.336 e. The predicted octanol–water partition coefficient (Wildman–Crippen LogP) is 1.29. The largest absolute Gasteiger partial charge is 0.336 e. The van der Waals surface area contributed by atoms with Crippen molar-refractivity contribution < 1.29 is 23.9 Å². The molecular weight excluding hydrogens is 250 g/mol. The summed E-state index contributed by atoms with van der Waals surface area (Å²) in [6, 6.07) is 0. The molecule has 0 spiro atoms. The van der Waals surface area contributed by atoms with Crippen molar-refractivity contribution >= 4 is 11.7 Å². The van der Waals surface area contributed by atoms with Gasteiger partial charge in [-0.1, -0.05) is 13.3 Å². The number of Topliss-reactive ketones (excluding diaryl/α,β-unsaturated/α-hetero) is 1. The topological polar surface area (TPSA) is 65.1 Å². The van der Waals surface area contributed by atoms with Crippen LogP contribution in [0.5, 0.6) is 0 Å². The van der Waals surface area contributed by atoms with Crippen LogP contribution in [0.4, 0.5) is 0 Å². The molecule has 1 aliphatic rings. The lowest BCUT2D eigenvalue weighted by atomic mass is 10.0. The highest BCUT2D eigenvalue weighted by Gasteiger charge is 2.49. The highest BCUT2D eigenvalue weighted by Crippen LogP contribution is 2.30. The van der Waals surface area contributed by atoms with E-state index in [-0.39, 0.29) is 5.78 Å². The number of carbonyl (C=O) groups excluding carboxylic acids is 2. The summed E-state index contributed by atoms with van der Waals surface area (Å²) in [6.45, 7) is 5.38. The Bertz CT molecular complexity index is 342. The third-order valence-electron chi connectivity index (χ3n) is 3.02. The van der Waals surface area contributed by atoms with Gasteiger partial charge >= 0.3 is 0 Å². The number of hydrogen-bond donors (Lipinski definition) is 0. The van der Waals surface area contributed by atoms with Gasteiger partial charge in [-0.2, -0.15) is 0 Å². The van der Waals surface area contributed by atoms with Crippen molar-refractivity contribution in [3.05, 3.63) is 0 Å². The fourth-order valence-electron chi connectivity index (χ4n) is 1.94. The maximum Gasteiger partial charge on any atom is 0.278 e. The number of ketones is 1. The van der Waals surface area contributed by atoms with Gasteiger partial charge in [0.15, 0.2) is 23.8 Å². The van der Waals surface area contributed by atoms with Crippen LogP contribution < -0.4 is 0 Å². The highest BCUT2D eigenvalue weighted by atomic mass is 16.8. The van der Waals surface area contributed by atoms with Gasteiger partial charge in [-0.15, -0.1) is 0 Å². The zero-order valence-corrected chi connectivity index (χ0v) is 12.3. The summed E-state index contributed by atoms with van der Waals surface area (Å²) >= 11 is 0. The zero-order valence-electron chi connectivity index (χ0n) is 12.3. The van der Waals surface area contributed by atoms with Crippen LogP contribution >= 0.6 is 0 Å². The van der Waals surface area contributed by atoms with Gasteiger partial charge in [0.05, 0.1) is 7.11 Å². The first kappa shape index (κ1) is 16.1. The quantitative estimate of drug-likeness (QED) is 0.682. The lowest BCUT2D eigenvalue weighted by Crippen LogP contribution is -2.44. The van der Waals surface area contributed by atoms with Crippen LogP contribution in [0.2, 0.25) is 0 Å². The average molecular weight is 273 g/mol. The number of hydrogen-bond acceptors (Lipinski definition) is 5. The van der Waals surface area contributed by atoms with Crippen LogP contribution in [0, 0.1) is 0 Å². The number of likely N-dealkylation sites (N-methyl/N-ethyl adjacent to an activating group) is 1. The number of ether oxygens (including phenoxy) is 2. The van der Waals surface area contributed by atoms with Gasteiger partial charge in [0.2, 0.25) is 0 Å². The minimum atomic E-state index is -0.943. The second kappa shape index (κ2) is 6.45. The molecule has 1 aliphatic heterocycles. The molecule has 1 heterocycles. The van der Waals surface area contributed by atoms with Crippen LogP contribution in [0.15, 0.2) is 0 Å². The fourth-order valence-corrected chi connectivity index (χ4v) is 1.94. The molecule has 0 N–H and O–H groups in total. The maximum absolute atomic E-state index is 12.1. The van der Waals surface area contributed by atoms with Crippen molar-refractivity contribution in [1.29, 1.82) is 0 Å². The van der Waals surface area contributed by atoms with Crippen molar-refractivity contribution in [3.63, 3.8) is 0 Å². The summed E-state index contributed by atoms with van der Waals surface area (Å²) in [4.78, 5) is 29.0. The van der Waals surface area contributed by atoms with Crippen LogP contribution in [0.25, 0.3) is 0 Å². The molecule has 0 unspecified atom stereocenters. The lowest BCUT2D eigenvalue weighted by molar-refractivity contribution is -0.187. The third kappa shape index (κ3) is 3.99. The smallest absolute Gasteiger partial charge is 0.278 e. The van der Waals surface area contributed by atoms with Gasteiger partial charge in [0.1, 0.15) is 0 Å². The molecule has 1 fully saturated rings. The average Bonchev–Trinajstić information content (AvgIpc) is 2.70. The van der Waals surface area contributed by atoms with Gasteiger partial charge in [0.25, 0.3) is 5.91 Å². The normalized spacial score (nSPS) is 25.3. The summed E-state index contributed by atoms with van der Waals surface area (Å²) in [5, 5.41) is 1.05. The van der Waals surface area contributed by atoms with Crippen LogP contribution in [0.3, 0.4) is 0 Å². The Morgan fingerprint density at radius 3 is 2.37 bits per heavy atom. The first-order chi connectivity index (χ1) is 8.82. The van der Waals surface area contributed by atoms with Gasteiger partial charge in [-0.05, 0) is 20.3 Å². The molecule has 6 heteroatoms. The molecular formula is C13H23NO5. The van der Waals surface area contributed by atoms with E-state index in [1.165, 1.54) is 14.2 Å². The van der Waals surface area contributed by atoms with Crippen LogP contribution in [-0.4, -0.2) is 48.9 Å². The van der Waals surface area contributed by atoms with E-state index in [1.54, 1.807) is 13.8 Å². The molecule has 1 amide bonds.